The number of hydrogen-bond acceptors (Lipinski definition) is 4. The van der Waals surface area contributed by atoms with Crippen LogP contribution < -0.4 is 0 Å². The Kier molecular flexibility index (Phi) is 4.21. The third kappa shape index (κ3) is 2.71. The van der Waals surface area contributed by atoms with Crippen molar-refractivity contribution in [3.05, 3.63) is 42.1 Å². The van der Waals surface area contributed by atoms with Crippen molar-refractivity contribution < 1.29 is 14.6 Å². The number of aliphatic hydroxyl groups is 1. The van der Waals surface area contributed by atoms with E-state index >= 15 is 0 Å². The fourth-order valence-electron chi connectivity index (χ4n) is 4.29. The number of carbonyl (C=O) groups is 1. The number of pyridine rings is 1. The molecule has 1 saturated heterocycles. The van der Waals surface area contributed by atoms with Crippen molar-refractivity contribution in [2.24, 2.45) is 5.41 Å². The van der Waals surface area contributed by atoms with Crippen molar-refractivity contribution >= 4 is 16.8 Å². The van der Waals surface area contributed by atoms with E-state index in [0.717, 1.165) is 23.7 Å². The van der Waals surface area contributed by atoms with Gasteiger partial charge in [0, 0.05) is 36.9 Å². The minimum Gasteiger partial charge on any atom is -0.392 e. The molecule has 2 fully saturated rings. The summed E-state index contributed by atoms with van der Waals surface area (Å²) < 4.78 is 5.79. The number of amides is 1. The van der Waals surface area contributed by atoms with Gasteiger partial charge in [0.15, 0.2) is 0 Å². The van der Waals surface area contributed by atoms with Gasteiger partial charge in [0.2, 0.25) is 0 Å². The van der Waals surface area contributed by atoms with Gasteiger partial charge in [0.25, 0.3) is 5.91 Å². The average Bonchev–Trinajstić information content (AvgIpc) is 2.67. The van der Waals surface area contributed by atoms with Crippen LogP contribution in [-0.4, -0.2) is 52.8 Å². The summed E-state index contributed by atoms with van der Waals surface area (Å²) >= 11 is 0. The molecule has 0 unspecified atom stereocenters. The van der Waals surface area contributed by atoms with Crippen LogP contribution in [0.5, 0.6) is 0 Å². The van der Waals surface area contributed by atoms with Crippen LogP contribution >= 0.6 is 0 Å². The fraction of sp³-hybridized carbons (Fsp3) is 0.500. The zero-order valence-corrected chi connectivity index (χ0v) is 14.5. The Hall–Kier alpha value is -1.98. The molecule has 0 bridgehead atoms. The largest absolute Gasteiger partial charge is 0.392 e. The van der Waals surface area contributed by atoms with E-state index in [2.05, 4.69) is 4.98 Å². The Balaban J connectivity index is 1.47. The first-order valence-corrected chi connectivity index (χ1v) is 9.09. The summed E-state index contributed by atoms with van der Waals surface area (Å²) in [6, 6.07) is 11.6. The van der Waals surface area contributed by atoms with Gasteiger partial charge in [-0.1, -0.05) is 24.3 Å². The van der Waals surface area contributed by atoms with Gasteiger partial charge < -0.3 is 14.7 Å². The third-order valence-corrected chi connectivity index (χ3v) is 5.91. The lowest BCUT2D eigenvalue weighted by Crippen LogP contribution is -2.62. The molecule has 2 aliphatic rings. The fourth-order valence-corrected chi connectivity index (χ4v) is 4.29. The number of nitrogens with zero attached hydrogens (tertiary/aromatic N) is 2. The first kappa shape index (κ1) is 16.5. The molecule has 1 saturated carbocycles. The molecule has 2 atom stereocenters. The Morgan fingerprint density at radius 2 is 2.04 bits per heavy atom. The van der Waals surface area contributed by atoms with E-state index in [9.17, 15) is 9.90 Å². The van der Waals surface area contributed by atoms with Gasteiger partial charge in [0.1, 0.15) is 5.69 Å². The average molecular weight is 340 g/mol. The number of piperidine rings is 1. The van der Waals surface area contributed by atoms with Gasteiger partial charge in [-0.2, -0.15) is 0 Å². The molecule has 4 rings (SSSR count). The monoisotopic (exact) mass is 340 g/mol. The summed E-state index contributed by atoms with van der Waals surface area (Å²) in [5.74, 6) is -0.0256. The minimum absolute atomic E-state index is 0.0256. The number of para-hydroxylation sites is 1. The maximum atomic E-state index is 12.8. The molecule has 5 heteroatoms. The minimum atomic E-state index is -0.305. The molecule has 0 radical (unpaired) electrons. The van der Waals surface area contributed by atoms with Crippen LogP contribution in [-0.2, 0) is 4.74 Å². The van der Waals surface area contributed by atoms with E-state index < -0.39 is 0 Å². The van der Waals surface area contributed by atoms with Crippen LogP contribution in [0.25, 0.3) is 10.9 Å². The van der Waals surface area contributed by atoms with Crippen molar-refractivity contribution in [3.63, 3.8) is 0 Å². The van der Waals surface area contributed by atoms with Crippen LogP contribution in [0.4, 0.5) is 0 Å². The molecule has 1 aliphatic carbocycles. The highest BCUT2D eigenvalue weighted by molar-refractivity contribution is 5.95. The van der Waals surface area contributed by atoms with Gasteiger partial charge in [-0.05, 0) is 31.9 Å². The van der Waals surface area contributed by atoms with Crippen LogP contribution in [0, 0.1) is 5.41 Å². The summed E-state index contributed by atoms with van der Waals surface area (Å²) in [6.45, 7) is 3.95. The first-order valence-electron chi connectivity index (χ1n) is 9.09. The van der Waals surface area contributed by atoms with E-state index in [1.54, 1.807) is 6.07 Å². The Morgan fingerprint density at radius 3 is 2.76 bits per heavy atom. The normalized spacial score (nSPS) is 25.1. The number of aliphatic hydroxyl groups excluding tert-OH is 1. The highest BCUT2D eigenvalue weighted by Crippen LogP contribution is 2.51. The first-order chi connectivity index (χ1) is 12.1. The summed E-state index contributed by atoms with van der Waals surface area (Å²) in [5, 5.41) is 11.3. The topological polar surface area (TPSA) is 62.7 Å². The van der Waals surface area contributed by atoms with Crippen molar-refractivity contribution in [3.8, 4) is 0 Å². The molecule has 25 heavy (non-hydrogen) atoms. The van der Waals surface area contributed by atoms with Crippen LogP contribution in [0.3, 0.4) is 0 Å². The maximum absolute atomic E-state index is 12.8. The predicted molar refractivity (Wildman–Crippen MR) is 95.4 cm³/mol. The second kappa shape index (κ2) is 6.39. The number of hydrogen-bond donors (Lipinski definition) is 1. The second-order valence-corrected chi connectivity index (χ2v) is 7.11. The zero-order valence-electron chi connectivity index (χ0n) is 14.5. The van der Waals surface area contributed by atoms with Crippen LogP contribution in [0.2, 0.25) is 0 Å². The predicted octanol–water partition coefficient (Wildman–Crippen LogP) is 2.63. The SMILES string of the molecule is CCO[C@@H]1C[C@@H](O)C12CCN(C(=O)c1ccc3ccccc3n1)CC2. The Morgan fingerprint density at radius 1 is 1.28 bits per heavy atom. The van der Waals surface area contributed by atoms with E-state index in [-0.39, 0.29) is 23.5 Å². The number of likely N-dealkylation sites (tertiary alicyclic amines) is 1. The Bertz CT molecular complexity index is 781. The van der Waals surface area contributed by atoms with E-state index in [1.807, 2.05) is 42.2 Å². The van der Waals surface area contributed by atoms with Crippen molar-refractivity contribution in [1.82, 2.24) is 9.88 Å². The molecule has 1 spiro atoms. The van der Waals surface area contributed by atoms with E-state index in [4.69, 9.17) is 4.74 Å². The van der Waals surface area contributed by atoms with Crippen molar-refractivity contribution in [2.45, 2.75) is 38.4 Å². The highest BCUT2D eigenvalue weighted by Gasteiger charge is 2.56. The van der Waals surface area contributed by atoms with Gasteiger partial charge in [-0.3, -0.25) is 4.79 Å². The number of rotatable bonds is 3. The molecule has 5 nitrogen and oxygen atoms in total. The molecular formula is C20H24N2O3. The van der Waals surface area contributed by atoms with Gasteiger partial charge in [-0.15, -0.1) is 0 Å². The maximum Gasteiger partial charge on any atom is 0.272 e. The lowest BCUT2D eigenvalue weighted by atomic mass is 9.58. The van der Waals surface area contributed by atoms with Crippen LogP contribution in [0.1, 0.15) is 36.7 Å². The molecule has 2 heterocycles. The molecule has 1 aromatic carbocycles. The number of fused-ring (bicyclic) bond motifs is 1. The second-order valence-electron chi connectivity index (χ2n) is 7.11. The van der Waals surface area contributed by atoms with E-state index in [1.165, 1.54) is 0 Å². The van der Waals surface area contributed by atoms with Gasteiger partial charge in [-0.25, -0.2) is 4.98 Å². The number of carbonyl (C=O) groups excluding carboxylic acids is 1. The quantitative estimate of drug-likeness (QED) is 0.933. The molecule has 2 aromatic rings. The summed E-state index contributed by atoms with van der Waals surface area (Å²) in [4.78, 5) is 19.2. The van der Waals surface area contributed by atoms with E-state index in [0.29, 0.717) is 31.8 Å². The molecule has 1 aliphatic heterocycles. The standard InChI is InChI=1S/C20H24N2O3/c1-2-25-18-13-17(23)20(18)9-11-22(12-10-20)19(24)16-8-7-14-5-3-4-6-15(14)21-16/h3-8,17-18,23H,2,9-13H2,1H3/t17-,18-/m1/s1. The lowest BCUT2D eigenvalue weighted by molar-refractivity contribution is -0.207. The molecule has 1 aromatic heterocycles. The summed E-state index contributed by atoms with van der Waals surface area (Å²) in [5.41, 5.74) is 1.17. The van der Waals surface area contributed by atoms with Gasteiger partial charge in [0.05, 0.1) is 17.7 Å². The number of aromatic nitrogens is 1. The third-order valence-electron chi connectivity index (χ3n) is 5.91. The van der Waals surface area contributed by atoms with Gasteiger partial charge >= 0.3 is 0 Å². The van der Waals surface area contributed by atoms with Crippen LogP contribution in [0.15, 0.2) is 36.4 Å². The molecule has 132 valence electrons. The summed E-state index contributed by atoms with van der Waals surface area (Å²) in [7, 11) is 0. The summed E-state index contributed by atoms with van der Waals surface area (Å²) in [6.07, 6.45) is 2.12. The van der Waals surface area contributed by atoms with Crippen molar-refractivity contribution in [1.29, 1.82) is 0 Å². The molecule has 1 amide bonds. The zero-order chi connectivity index (χ0) is 17.4. The van der Waals surface area contributed by atoms with Crippen molar-refractivity contribution in [2.75, 3.05) is 19.7 Å². The number of ether oxygens (including phenoxy) is 1. The Labute approximate surface area is 147 Å². The highest BCUT2D eigenvalue weighted by atomic mass is 16.5. The lowest BCUT2D eigenvalue weighted by Gasteiger charge is -2.56. The molecule has 1 N–H and O–H groups in total. The smallest absolute Gasteiger partial charge is 0.272 e. The number of benzene rings is 1. The molecular weight excluding hydrogens is 316 g/mol.